The van der Waals surface area contributed by atoms with Crippen LogP contribution in [0, 0.1) is 0 Å². The number of amides is 2. The molecule has 1 aliphatic heterocycles. The van der Waals surface area contributed by atoms with Gasteiger partial charge < -0.3 is 10.6 Å². The fourth-order valence-corrected chi connectivity index (χ4v) is 2.77. The molecule has 0 bridgehead atoms. The molecule has 2 amide bonds. The van der Waals surface area contributed by atoms with Crippen LogP contribution in [0.3, 0.4) is 0 Å². The summed E-state index contributed by atoms with van der Waals surface area (Å²) in [5, 5.41) is 5.99. The smallest absolute Gasteiger partial charge is 0.274 e. The van der Waals surface area contributed by atoms with Crippen molar-refractivity contribution >= 4 is 46.6 Å². The van der Waals surface area contributed by atoms with E-state index in [1.165, 1.54) is 18.0 Å². The van der Waals surface area contributed by atoms with E-state index < -0.39 is 0 Å². The molecule has 2 heterocycles. The number of halogens is 1. The van der Waals surface area contributed by atoms with Gasteiger partial charge in [-0.1, -0.05) is 11.6 Å². The number of anilines is 2. The standard InChI is InChI=1S/C14H10ClN3O2S/c15-8-1-3-10(16-6-8)14(20)17-9-2-4-12-11(5-9)18-13(19)7-21-12/h1-6H,7H2,(H,17,20)(H,18,19). The Morgan fingerprint density at radius 2 is 2.19 bits per heavy atom. The Labute approximate surface area is 130 Å². The lowest BCUT2D eigenvalue weighted by atomic mass is 10.2. The SMILES string of the molecule is O=C1CSc2ccc(NC(=O)c3ccc(Cl)cn3)cc2N1. The van der Waals surface area contributed by atoms with Gasteiger partial charge in [-0.2, -0.15) is 0 Å². The Morgan fingerprint density at radius 3 is 2.95 bits per heavy atom. The minimum atomic E-state index is -0.332. The lowest BCUT2D eigenvalue weighted by Crippen LogP contribution is -2.19. The van der Waals surface area contributed by atoms with Crippen molar-refractivity contribution in [2.24, 2.45) is 0 Å². The molecule has 0 radical (unpaired) electrons. The second-order valence-corrected chi connectivity index (χ2v) is 5.82. The zero-order chi connectivity index (χ0) is 14.8. The van der Waals surface area contributed by atoms with Crippen molar-refractivity contribution in [2.75, 3.05) is 16.4 Å². The molecule has 0 saturated heterocycles. The summed E-state index contributed by atoms with van der Waals surface area (Å²) in [6.45, 7) is 0. The normalized spacial score (nSPS) is 13.3. The molecule has 1 aliphatic rings. The predicted molar refractivity (Wildman–Crippen MR) is 83.0 cm³/mol. The largest absolute Gasteiger partial charge is 0.324 e. The summed E-state index contributed by atoms with van der Waals surface area (Å²) in [6, 6.07) is 8.54. The van der Waals surface area contributed by atoms with Crippen LogP contribution in [0.1, 0.15) is 10.5 Å². The summed E-state index contributed by atoms with van der Waals surface area (Å²) in [6.07, 6.45) is 1.42. The van der Waals surface area contributed by atoms with Crippen LogP contribution < -0.4 is 10.6 Å². The number of carbonyl (C=O) groups excluding carboxylic acids is 2. The summed E-state index contributed by atoms with van der Waals surface area (Å²) >= 11 is 7.20. The molecule has 2 aromatic rings. The summed E-state index contributed by atoms with van der Waals surface area (Å²) in [4.78, 5) is 28.4. The van der Waals surface area contributed by atoms with Crippen molar-refractivity contribution in [3.63, 3.8) is 0 Å². The Morgan fingerprint density at radius 1 is 1.33 bits per heavy atom. The van der Waals surface area contributed by atoms with Gasteiger partial charge in [0.25, 0.3) is 5.91 Å². The number of benzene rings is 1. The fourth-order valence-electron chi connectivity index (χ4n) is 1.87. The molecule has 7 heteroatoms. The van der Waals surface area contributed by atoms with Crippen LogP contribution in [-0.2, 0) is 4.79 Å². The van der Waals surface area contributed by atoms with Gasteiger partial charge in [-0.3, -0.25) is 9.59 Å². The molecule has 0 spiro atoms. The van der Waals surface area contributed by atoms with E-state index in [0.29, 0.717) is 22.2 Å². The van der Waals surface area contributed by atoms with Gasteiger partial charge in [-0.25, -0.2) is 4.98 Å². The molecule has 2 N–H and O–H groups in total. The average Bonchev–Trinajstić information content (AvgIpc) is 2.47. The second kappa shape index (κ2) is 5.75. The second-order valence-electron chi connectivity index (χ2n) is 4.36. The summed E-state index contributed by atoms with van der Waals surface area (Å²) < 4.78 is 0. The quantitative estimate of drug-likeness (QED) is 0.892. The molecule has 106 valence electrons. The van der Waals surface area contributed by atoms with Gasteiger partial charge in [-0.05, 0) is 30.3 Å². The van der Waals surface area contributed by atoms with E-state index in [4.69, 9.17) is 11.6 Å². The van der Waals surface area contributed by atoms with E-state index in [9.17, 15) is 9.59 Å². The van der Waals surface area contributed by atoms with Crippen molar-refractivity contribution in [1.29, 1.82) is 0 Å². The average molecular weight is 320 g/mol. The molecule has 0 unspecified atom stereocenters. The highest BCUT2D eigenvalue weighted by Crippen LogP contribution is 2.33. The van der Waals surface area contributed by atoms with Gasteiger partial charge >= 0.3 is 0 Å². The number of nitrogens with one attached hydrogen (secondary N) is 2. The molecular weight excluding hydrogens is 310 g/mol. The first-order valence-electron chi connectivity index (χ1n) is 6.11. The number of carbonyl (C=O) groups is 2. The van der Waals surface area contributed by atoms with Crippen molar-refractivity contribution < 1.29 is 9.59 Å². The molecule has 21 heavy (non-hydrogen) atoms. The van der Waals surface area contributed by atoms with E-state index in [-0.39, 0.29) is 17.5 Å². The Hall–Kier alpha value is -2.05. The number of hydrogen-bond donors (Lipinski definition) is 2. The number of fused-ring (bicyclic) bond motifs is 1. The summed E-state index contributed by atoms with van der Waals surface area (Å²) in [7, 11) is 0. The highest BCUT2D eigenvalue weighted by molar-refractivity contribution is 8.00. The third kappa shape index (κ3) is 3.17. The van der Waals surface area contributed by atoms with E-state index in [1.807, 2.05) is 6.07 Å². The van der Waals surface area contributed by atoms with Crippen LogP contribution in [0.5, 0.6) is 0 Å². The van der Waals surface area contributed by atoms with Crippen LogP contribution in [0.4, 0.5) is 11.4 Å². The molecule has 5 nitrogen and oxygen atoms in total. The van der Waals surface area contributed by atoms with Gasteiger partial charge in [0.05, 0.1) is 16.5 Å². The predicted octanol–water partition coefficient (Wildman–Crippen LogP) is 3.03. The maximum absolute atomic E-state index is 12.0. The first kappa shape index (κ1) is 13.9. The van der Waals surface area contributed by atoms with Crippen molar-refractivity contribution in [2.45, 2.75) is 4.90 Å². The lowest BCUT2D eigenvalue weighted by Gasteiger charge is -2.17. The highest BCUT2D eigenvalue weighted by atomic mass is 35.5. The van der Waals surface area contributed by atoms with E-state index in [2.05, 4.69) is 15.6 Å². The van der Waals surface area contributed by atoms with E-state index in [1.54, 1.807) is 24.3 Å². The van der Waals surface area contributed by atoms with Crippen LogP contribution in [-0.4, -0.2) is 22.6 Å². The molecule has 0 aliphatic carbocycles. The number of rotatable bonds is 2. The van der Waals surface area contributed by atoms with Crippen LogP contribution in [0.2, 0.25) is 5.02 Å². The molecule has 0 fully saturated rings. The number of hydrogen-bond acceptors (Lipinski definition) is 4. The van der Waals surface area contributed by atoms with Crippen LogP contribution in [0.25, 0.3) is 0 Å². The number of nitrogens with zero attached hydrogens (tertiary/aromatic N) is 1. The number of thioether (sulfide) groups is 1. The third-order valence-corrected chi connectivity index (χ3v) is 4.13. The van der Waals surface area contributed by atoms with Crippen LogP contribution >= 0.6 is 23.4 Å². The highest BCUT2D eigenvalue weighted by Gasteiger charge is 2.16. The Kier molecular flexibility index (Phi) is 3.81. The molecular formula is C14H10ClN3O2S. The van der Waals surface area contributed by atoms with Crippen LogP contribution in [0.15, 0.2) is 41.4 Å². The molecule has 3 rings (SSSR count). The Bertz CT molecular complexity index is 719. The van der Waals surface area contributed by atoms with Crippen molar-refractivity contribution in [3.8, 4) is 0 Å². The van der Waals surface area contributed by atoms with Gasteiger partial charge in [0.15, 0.2) is 0 Å². The monoisotopic (exact) mass is 319 g/mol. The molecule has 0 atom stereocenters. The number of aromatic nitrogens is 1. The maximum Gasteiger partial charge on any atom is 0.274 e. The fraction of sp³-hybridized carbons (Fsp3) is 0.0714. The van der Waals surface area contributed by atoms with Gasteiger partial charge in [0.1, 0.15) is 5.69 Å². The molecule has 1 aromatic heterocycles. The topological polar surface area (TPSA) is 71.1 Å². The maximum atomic E-state index is 12.0. The van der Waals surface area contributed by atoms with E-state index >= 15 is 0 Å². The third-order valence-electron chi connectivity index (χ3n) is 2.83. The minimum Gasteiger partial charge on any atom is -0.324 e. The van der Waals surface area contributed by atoms with E-state index in [0.717, 1.165) is 4.90 Å². The summed E-state index contributed by atoms with van der Waals surface area (Å²) in [5.41, 5.74) is 1.58. The zero-order valence-electron chi connectivity index (χ0n) is 10.7. The first-order chi connectivity index (χ1) is 10.1. The number of pyridine rings is 1. The van der Waals surface area contributed by atoms with Gasteiger partial charge in [-0.15, -0.1) is 11.8 Å². The van der Waals surface area contributed by atoms with Gasteiger partial charge in [0, 0.05) is 16.8 Å². The van der Waals surface area contributed by atoms with Crippen molar-refractivity contribution in [3.05, 3.63) is 47.2 Å². The van der Waals surface area contributed by atoms with Crippen molar-refractivity contribution in [1.82, 2.24) is 4.98 Å². The molecule has 0 saturated carbocycles. The minimum absolute atomic E-state index is 0.0460. The summed E-state index contributed by atoms with van der Waals surface area (Å²) in [5.74, 6) is 0.0321. The zero-order valence-corrected chi connectivity index (χ0v) is 12.3. The van der Waals surface area contributed by atoms with Gasteiger partial charge in [0.2, 0.25) is 5.91 Å². The molecule has 1 aromatic carbocycles. The lowest BCUT2D eigenvalue weighted by molar-refractivity contribution is -0.113. The first-order valence-corrected chi connectivity index (χ1v) is 7.48. The Balaban J connectivity index is 1.79.